The summed E-state index contributed by atoms with van der Waals surface area (Å²) in [5, 5.41) is 2.67. The van der Waals surface area contributed by atoms with Crippen LogP contribution in [0.2, 0.25) is 0 Å². The predicted octanol–water partition coefficient (Wildman–Crippen LogP) is 5.44. The largest absolute Gasteiger partial charge is 0.472 e. The zero-order valence-corrected chi connectivity index (χ0v) is 18.6. The first-order valence-electron chi connectivity index (χ1n) is 9.01. The van der Waals surface area contributed by atoms with Crippen molar-refractivity contribution in [1.29, 1.82) is 0 Å². The first kappa shape index (κ1) is 21.8. The van der Waals surface area contributed by atoms with Gasteiger partial charge in [-0.25, -0.2) is 4.39 Å². The molecule has 3 heterocycles. The lowest BCUT2D eigenvalue weighted by molar-refractivity contribution is -0.116. The molecule has 0 atom stereocenters. The SMILES string of the molecule is O=C(NCCc1ccc(F)cc1)C1=C(Cl)N2C=C(c3ccoc3)C=C(C(F)(F)F)C2=I1. The summed E-state index contributed by atoms with van der Waals surface area (Å²) in [4.78, 5) is 13.9. The lowest BCUT2D eigenvalue weighted by Gasteiger charge is -2.26. The van der Waals surface area contributed by atoms with E-state index in [1.165, 1.54) is 35.8 Å². The van der Waals surface area contributed by atoms with Gasteiger partial charge >= 0.3 is 6.18 Å². The number of hydrogen-bond donors (Lipinski definition) is 1. The minimum Gasteiger partial charge on any atom is -0.472 e. The predicted molar refractivity (Wildman–Crippen MR) is 118 cm³/mol. The molecule has 31 heavy (non-hydrogen) atoms. The molecule has 162 valence electrons. The van der Waals surface area contributed by atoms with Crippen LogP contribution < -0.4 is 5.32 Å². The van der Waals surface area contributed by atoms with Gasteiger partial charge in [0, 0.05) is 23.9 Å². The summed E-state index contributed by atoms with van der Waals surface area (Å²) in [5.74, 6) is -0.855. The molecule has 0 spiro atoms. The Labute approximate surface area is 189 Å². The molecule has 0 saturated carbocycles. The van der Waals surface area contributed by atoms with E-state index in [0.29, 0.717) is 12.0 Å². The molecule has 0 saturated heterocycles. The van der Waals surface area contributed by atoms with Crippen molar-refractivity contribution in [2.75, 3.05) is 6.54 Å². The van der Waals surface area contributed by atoms with Crippen LogP contribution in [-0.2, 0) is 11.2 Å². The fourth-order valence-electron chi connectivity index (χ4n) is 3.02. The number of halogens is 6. The van der Waals surface area contributed by atoms with Crippen LogP contribution in [0, 0.1) is 5.82 Å². The molecule has 1 aromatic carbocycles. The number of allylic oxidation sites excluding steroid dienone is 2. The minimum absolute atomic E-state index is 0.00669. The summed E-state index contributed by atoms with van der Waals surface area (Å²) in [5.41, 5.74) is 0.765. The number of nitrogens with zero attached hydrogens (tertiary/aromatic N) is 1. The van der Waals surface area contributed by atoms with Crippen molar-refractivity contribution in [3.05, 3.63) is 86.4 Å². The van der Waals surface area contributed by atoms with Crippen molar-refractivity contribution in [1.82, 2.24) is 10.2 Å². The van der Waals surface area contributed by atoms with E-state index in [4.69, 9.17) is 16.0 Å². The summed E-state index contributed by atoms with van der Waals surface area (Å²) in [6, 6.07) is 7.40. The topological polar surface area (TPSA) is 45.5 Å². The average Bonchev–Trinajstić information content (AvgIpc) is 3.37. The van der Waals surface area contributed by atoms with E-state index in [-0.39, 0.29) is 30.3 Å². The maximum Gasteiger partial charge on any atom is 0.418 e. The summed E-state index contributed by atoms with van der Waals surface area (Å²) in [7, 11) is 0. The van der Waals surface area contributed by atoms with Gasteiger partial charge in [0.1, 0.15) is 14.6 Å². The molecule has 2 aromatic rings. The van der Waals surface area contributed by atoms with Gasteiger partial charge in [-0.1, -0.05) is 23.7 Å². The number of fused-ring (bicyclic) bond motifs is 1. The number of amides is 1. The highest BCUT2D eigenvalue weighted by molar-refractivity contribution is 14.2. The molecule has 0 unspecified atom stereocenters. The standard InChI is InChI=1S/C21H14ClF4IN2O2/c22-18-17(20(30)28-7-5-12-1-3-15(23)4-2-12)27-19-16(21(24,25)26)9-14(10-29(18)19)13-6-8-31-11-13/h1-4,6,8-11H,5,7H2,(H,28,30). The first-order chi connectivity index (χ1) is 14.7. The summed E-state index contributed by atoms with van der Waals surface area (Å²) in [6.07, 6.45) is 1.10. The van der Waals surface area contributed by atoms with E-state index in [9.17, 15) is 22.4 Å². The van der Waals surface area contributed by atoms with Gasteiger partial charge in [-0.15, -0.1) is 0 Å². The van der Waals surface area contributed by atoms with Crippen LogP contribution in [0.25, 0.3) is 5.57 Å². The van der Waals surface area contributed by atoms with Gasteiger partial charge in [-0.05, 0) is 57.0 Å². The molecule has 1 aromatic heterocycles. The Hall–Kier alpha value is -2.40. The highest BCUT2D eigenvalue weighted by Crippen LogP contribution is 2.45. The maximum absolute atomic E-state index is 13.7. The Balaban J connectivity index is 1.55. The average molecular weight is 565 g/mol. The van der Waals surface area contributed by atoms with Crippen molar-refractivity contribution in [2.24, 2.45) is 0 Å². The monoisotopic (exact) mass is 564 g/mol. The van der Waals surface area contributed by atoms with Crippen LogP contribution in [0.15, 0.2) is 73.9 Å². The highest BCUT2D eigenvalue weighted by atomic mass is 127. The molecule has 1 amide bonds. The summed E-state index contributed by atoms with van der Waals surface area (Å²) in [6.45, 7) is 0.245. The van der Waals surface area contributed by atoms with Crippen LogP contribution in [0.5, 0.6) is 0 Å². The second-order valence-corrected chi connectivity index (χ2v) is 9.64. The third kappa shape index (κ3) is 4.62. The summed E-state index contributed by atoms with van der Waals surface area (Å²) >= 11 is 4.89. The Morgan fingerprint density at radius 1 is 1.19 bits per heavy atom. The molecule has 2 aliphatic rings. The van der Waals surface area contributed by atoms with E-state index in [1.54, 1.807) is 18.2 Å². The van der Waals surface area contributed by atoms with Crippen molar-refractivity contribution in [3.8, 4) is 0 Å². The smallest absolute Gasteiger partial charge is 0.418 e. The van der Waals surface area contributed by atoms with Crippen LogP contribution in [-0.4, -0.2) is 27.2 Å². The van der Waals surface area contributed by atoms with Crippen molar-refractivity contribution in [2.45, 2.75) is 12.6 Å². The molecule has 2 aliphatic heterocycles. The number of rotatable bonds is 5. The molecule has 10 heteroatoms. The van der Waals surface area contributed by atoms with Crippen molar-refractivity contribution < 1.29 is 26.8 Å². The van der Waals surface area contributed by atoms with E-state index in [1.807, 2.05) is 0 Å². The number of benzene rings is 1. The molecule has 4 rings (SSSR count). The quantitative estimate of drug-likeness (QED) is 0.299. The van der Waals surface area contributed by atoms with E-state index >= 15 is 0 Å². The highest BCUT2D eigenvalue weighted by Gasteiger charge is 2.43. The van der Waals surface area contributed by atoms with E-state index in [2.05, 4.69) is 5.32 Å². The Morgan fingerprint density at radius 3 is 2.58 bits per heavy atom. The summed E-state index contributed by atoms with van der Waals surface area (Å²) < 4.78 is 59.3. The Bertz CT molecular complexity index is 1130. The number of carbonyl (C=O) groups is 1. The molecule has 0 radical (unpaired) electrons. The lowest BCUT2D eigenvalue weighted by atomic mass is 10.0. The molecule has 1 N–H and O–H groups in total. The van der Waals surface area contributed by atoms with Gasteiger partial charge in [0.2, 0.25) is 0 Å². The number of furan rings is 1. The van der Waals surface area contributed by atoms with Crippen LogP contribution in [0.4, 0.5) is 17.6 Å². The second-order valence-electron chi connectivity index (χ2n) is 6.64. The fourth-order valence-corrected chi connectivity index (χ4v) is 6.45. The van der Waals surface area contributed by atoms with Crippen molar-refractivity contribution in [3.63, 3.8) is 0 Å². The van der Waals surface area contributed by atoms with Crippen molar-refractivity contribution >= 4 is 47.4 Å². The third-order valence-electron chi connectivity index (χ3n) is 4.55. The van der Waals surface area contributed by atoms with Gasteiger partial charge in [-0.2, -0.15) is 13.2 Å². The van der Waals surface area contributed by atoms with Crippen LogP contribution in [0.3, 0.4) is 0 Å². The number of alkyl halides is 3. The van der Waals surface area contributed by atoms with Gasteiger partial charge in [0.15, 0.2) is 0 Å². The number of carbonyl (C=O) groups excluding carboxylic acids is 1. The van der Waals surface area contributed by atoms with Gasteiger partial charge in [0.25, 0.3) is 5.91 Å². The molecule has 4 nitrogen and oxygen atoms in total. The first-order valence-corrected chi connectivity index (χ1v) is 11.5. The van der Waals surface area contributed by atoms with Crippen LogP contribution >= 0.6 is 32.3 Å². The van der Waals surface area contributed by atoms with Gasteiger partial charge in [0.05, 0.1) is 21.7 Å². The van der Waals surface area contributed by atoms with Gasteiger partial charge in [-0.3, -0.25) is 4.79 Å². The third-order valence-corrected chi connectivity index (χ3v) is 8.39. The lowest BCUT2D eigenvalue weighted by Crippen LogP contribution is -2.31. The Kier molecular flexibility index (Phi) is 6.07. The zero-order chi connectivity index (χ0) is 22.2. The molecular weight excluding hydrogens is 551 g/mol. The van der Waals surface area contributed by atoms with Gasteiger partial charge < -0.3 is 14.6 Å². The fraction of sp³-hybridized carbons (Fsp3) is 0.143. The normalized spacial score (nSPS) is 16.3. The second kappa shape index (κ2) is 8.62. The minimum atomic E-state index is -4.60. The zero-order valence-electron chi connectivity index (χ0n) is 15.6. The molecular formula is C21H14ClF4IN2O2. The molecule has 0 aliphatic carbocycles. The Morgan fingerprint density at radius 2 is 1.94 bits per heavy atom. The molecule has 0 bridgehead atoms. The molecule has 0 fully saturated rings. The number of nitrogens with one attached hydrogen (secondary N) is 1. The maximum atomic E-state index is 13.7. The number of hydrogen-bond acceptors (Lipinski definition) is 3. The van der Waals surface area contributed by atoms with E-state index in [0.717, 1.165) is 11.6 Å². The van der Waals surface area contributed by atoms with Crippen LogP contribution in [0.1, 0.15) is 11.1 Å². The van der Waals surface area contributed by atoms with E-state index < -0.39 is 38.4 Å².